The van der Waals surface area contributed by atoms with E-state index in [1.807, 2.05) is 67.8 Å². The number of ether oxygens (including phenoxy) is 3. The Morgan fingerprint density at radius 3 is 2.29 bits per heavy atom. The molecule has 2 aromatic carbocycles. The Labute approximate surface area is 227 Å². The topological polar surface area (TPSA) is 66.8 Å². The van der Waals surface area contributed by atoms with E-state index in [0.717, 1.165) is 23.1 Å². The van der Waals surface area contributed by atoms with Gasteiger partial charge < -0.3 is 18.8 Å². The summed E-state index contributed by atoms with van der Waals surface area (Å²) in [5.41, 5.74) is 1.95. The molecule has 6 heteroatoms. The molecule has 0 aliphatic carbocycles. The lowest BCUT2D eigenvalue weighted by atomic mass is 10.0. The van der Waals surface area contributed by atoms with Crippen molar-refractivity contribution < 1.29 is 23.8 Å². The van der Waals surface area contributed by atoms with Crippen molar-refractivity contribution in [2.45, 2.75) is 97.8 Å². The Morgan fingerprint density at radius 2 is 1.61 bits per heavy atom. The molecule has 0 aliphatic rings. The third kappa shape index (κ3) is 9.23. The quantitative estimate of drug-likeness (QED) is 0.162. The van der Waals surface area contributed by atoms with E-state index in [0.29, 0.717) is 5.69 Å². The zero-order valence-electron chi connectivity index (χ0n) is 23.6. The van der Waals surface area contributed by atoms with E-state index >= 15 is 0 Å². The van der Waals surface area contributed by atoms with Crippen molar-refractivity contribution in [2.75, 3.05) is 6.61 Å². The van der Waals surface area contributed by atoms with Crippen LogP contribution >= 0.6 is 0 Å². The predicted octanol–water partition coefficient (Wildman–Crippen LogP) is 7.51. The Morgan fingerprint density at radius 1 is 0.921 bits per heavy atom. The SMILES string of the molecule is CCCCCCCCc1ccc(OCC(Cn2c(C(=O)OC(C)(C)C)cc3ccccc32)OC(C)=O)cc1. The molecule has 3 rings (SSSR count). The standard InChI is InChI=1S/C32H43NO5/c1-6-7-8-9-10-11-14-25-17-19-27(20-18-25)36-23-28(37-24(2)34)22-33-29-16-13-12-15-26(29)21-30(33)31(35)38-32(3,4)5/h12-13,15-21,28H,6-11,14,22-23H2,1-5H3. The molecule has 1 atom stereocenters. The van der Waals surface area contributed by atoms with Gasteiger partial charge in [0.15, 0.2) is 6.10 Å². The fourth-order valence-corrected chi connectivity index (χ4v) is 4.52. The van der Waals surface area contributed by atoms with Crippen molar-refractivity contribution in [3.63, 3.8) is 0 Å². The molecular formula is C32H43NO5. The summed E-state index contributed by atoms with van der Waals surface area (Å²) in [6.07, 6.45) is 8.16. The van der Waals surface area contributed by atoms with Crippen molar-refractivity contribution in [1.29, 1.82) is 0 Å². The third-order valence-corrected chi connectivity index (χ3v) is 6.32. The van der Waals surface area contributed by atoms with E-state index in [4.69, 9.17) is 14.2 Å². The minimum atomic E-state index is -0.627. The van der Waals surface area contributed by atoms with Crippen molar-refractivity contribution in [3.8, 4) is 5.75 Å². The average Bonchev–Trinajstić information content (AvgIpc) is 3.22. The van der Waals surface area contributed by atoms with Crippen LogP contribution in [0.1, 0.15) is 89.2 Å². The minimum Gasteiger partial charge on any atom is -0.490 e. The first-order valence-electron chi connectivity index (χ1n) is 13.9. The first-order chi connectivity index (χ1) is 18.2. The van der Waals surface area contributed by atoms with Gasteiger partial charge in [0.1, 0.15) is 23.7 Å². The first-order valence-corrected chi connectivity index (χ1v) is 13.9. The molecule has 0 N–H and O–H groups in total. The molecule has 6 nitrogen and oxygen atoms in total. The Bertz CT molecular complexity index is 1170. The van der Waals surface area contributed by atoms with Crippen LogP contribution in [0.5, 0.6) is 5.75 Å². The van der Waals surface area contributed by atoms with Crippen LogP contribution < -0.4 is 4.74 Å². The highest BCUT2D eigenvalue weighted by molar-refractivity contribution is 5.95. The number of fused-ring (bicyclic) bond motifs is 1. The monoisotopic (exact) mass is 521 g/mol. The number of hydrogen-bond donors (Lipinski definition) is 0. The van der Waals surface area contributed by atoms with E-state index in [1.54, 1.807) is 0 Å². The van der Waals surface area contributed by atoms with Crippen molar-refractivity contribution in [3.05, 3.63) is 65.9 Å². The predicted molar refractivity (Wildman–Crippen MR) is 152 cm³/mol. The summed E-state index contributed by atoms with van der Waals surface area (Å²) in [6, 6.07) is 17.7. The van der Waals surface area contributed by atoms with Gasteiger partial charge in [-0.05, 0) is 63.4 Å². The van der Waals surface area contributed by atoms with E-state index in [1.165, 1.54) is 51.0 Å². The zero-order chi connectivity index (χ0) is 27.5. The van der Waals surface area contributed by atoms with Gasteiger partial charge in [0, 0.05) is 17.8 Å². The van der Waals surface area contributed by atoms with Crippen molar-refractivity contribution in [1.82, 2.24) is 4.57 Å². The molecule has 206 valence electrons. The largest absolute Gasteiger partial charge is 0.490 e. The van der Waals surface area contributed by atoms with Gasteiger partial charge in [-0.25, -0.2) is 4.79 Å². The maximum atomic E-state index is 13.0. The summed E-state index contributed by atoms with van der Waals surface area (Å²) in [4.78, 5) is 24.9. The van der Waals surface area contributed by atoms with Gasteiger partial charge in [0.05, 0.1) is 6.54 Å². The highest BCUT2D eigenvalue weighted by Gasteiger charge is 2.25. The van der Waals surface area contributed by atoms with Crippen molar-refractivity contribution >= 4 is 22.8 Å². The molecule has 3 aromatic rings. The lowest BCUT2D eigenvalue weighted by Crippen LogP contribution is -2.31. The summed E-state index contributed by atoms with van der Waals surface area (Å²) in [7, 11) is 0. The van der Waals surface area contributed by atoms with Gasteiger partial charge in [-0.2, -0.15) is 0 Å². The molecule has 0 saturated carbocycles. The summed E-state index contributed by atoms with van der Waals surface area (Å²) < 4.78 is 19.1. The summed E-state index contributed by atoms with van der Waals surface area (Å²) in [5.74, 6) is -0.0983. The molecule has 0 radical (unpaired) electrons. The summed E-state index contributed by atoms with van der Waals surface area (Å²) in [5, 5.41) is 0.914. The fourth-order valence-electron chi connectivity index (χ4n) is 4.52. The number of unbranched alkanes of at least 4 members (excludes halogenated alkanes) is 5. The highest BCUT2D eigenvalue weighted by Crippen LogP contribution is 2.24. The van der Waals surface area contributed by atoms with Crippen LogP contribution in [0.25, 0.3) is 10.9 Å². The summed E-state index contributed by atoms with van der Waals surface area (Å²) >= 11 is 0. The normalized spacial score (nSPS) is 12.3. The molecule has 1 unspecified atom stereocenters. The Balaban J connectivity index is 1.67. The number of benzene rings is 2. The number of hydrogen-bond acceptors (Lipinski definition) is 5. The number of para-hydroxylation sites is 1. The molecule has 0 fully saturated rings. The smallest absolute Gasteiger partial charge is 0.355 e. The van der Waals surface area contributed by atoms with Crippen LogP contribution in [0.4, 0.5) is 0 Å². The van der Waals surface area contributed by atoms with Gasteiger partial charge in [-0.3, -0.25) is 4.79 Å². The molecular weight excluding hydrogens is 478 g/mol. The first kappa shape index (κ1) is 29.3. The van der Waals surface area contributed by atoms with Gasteiger partial charge in [0.2, 0.25) is 0 Å². The van der Waals surface area contributed by atoms with Crippen LogP contribution in [-0.2, 0) is 27.2 Å². The third-order valence-electron chi connectivity index (χ3n) is 6.32. The molecule has 0 aliphatic heterocycles. The molecule has 0 bridgehead atoms. The number of rotatable bonds is 14. The number of aromatic nitrogens is 1. The molecule has 0 amide bonds. The van der Waals surface area contributed by atoms with Crippen LogP contribution in [0.3, 0.4) is 0 Å². The average molecular weight is 522 g/mol. The van der Waals surface area contributed by atoms with Gasteiger partial charge in [0.25, 0.3) is 0 Å². The van der Waals surface area contributed by atoms with E-state index in [-0.39, 0.29) is 13.2 Å². The van der Waals surface area contributed by atoms with Gasteiger partial charge >= 0.3 is 11.9 Å². The van der Waals surface area contributed by atoms with Gasteiger partial charge in [-0.1, -0.05) is 69.4 Å². The molecule has 0 spiro atoms. The number of carbonyl (C=O) groups is 2. The minimum absolute atomic E-state index is 0.163. The second-order valence-electron chi connectivity index (χ2n) is 10.9. The van der Waals surface area contributed by atoms with Crippen LogP contribution in [0.2, 0.25) is 0 Å². The summed E-state index contributed by atoms with van der Waals surface area (Å²) in [6.45, 7) is 9.56. The number of carbonyl (C=O) groups excluding carboxylic acids is 2. The molecule has 1 aromatic heterocycles. The second-order valence-corrected chi connectivity index (χ2v) is 10.9. The maximum Gasteiger partial charge on any atom is 0.355 e. The van der Waals surface area contributed by atoms with Crippen LogP contribution in [0, 0.1) is 0 Å². The van der Waals surface area contributed by atoms with Crippen molar-refractivity contribution in [2.24, 2.45) is 0 Å². The number of esters is 2. The zero-order valence-corrected chi connectivity index (χ0v) is 23.6. The van der Waals surface area contributed by atoms with E-state index in [2.05, 4.69) is 19.1 Å². The number of nitrogens with zero attached hydrogens (tertiary/aromatic N) is 1. The van der Waals surface area contributed by atoms with Crippen LogP contribution in [-0.4, -0.2) is 34.8 Å². The lowest BCUT2D eigenvalue weighted by molar-refractivity contribution is -0.148. The fraction of sp³-hybridized carbons (Fsp3) is 0.500. The highest BCUT2D eigenvalue weighted by atomic mass is 16.6. The van der Waals surface area contributed by atoms with E-state index < -0.39 is 23.6 Å². The lowest BCUT2D eigenvalue weighted by Gasteiger charge is -2.22. The maximum absolute atomic E-state index is 13.0. The van der Waals surface area contributed by atoms with Gasteiger partial charge in [-0.15, -0.1) is 0 Å². The Hall–Kier alpha value is -3.28. The second kappa shape index (κ2) is 14.0. The Kier molecular flexibility index (Phi) is 10.8. The van der Waals surface area contributed by atoms with Crippen LogP contribution in [0.15, 0.2) is 54.6 Å². The molecule has 0 saturated heterocycles. The molecule has 38 heavy (non-hydrogen) atoms. The molecule has 1 heterocycles. The number of aryl methyl sites for hydroxylation is 1. The van der Waals surface area contributed by atoms with E-state index in [9.17, 15) is 9.59 Å².